The maximum absolute atomic E-state index is 14.9. The number of anilines is 2. The maximum atomic E-state index is 14.9. The molecule has 2 aliphatic rings. The Hall–Kier alpha value is -3.80. The van der Waals surface area contributed by atoms with E-state index in [0.29, 0.717) is 19.6 Å². The molecule has 1 saturated heterocycles. The van der Waals surface area contributed by atoms with Crippen LogP contribution in [0.4, 0.5) is 15.8 Å². The van der Waals surface area contributed by atoms with Gasteiger partial charge in [0.25, 0.3) is 5.91 Å². The number of halogens is 1. The van der Waals surface area contributed by atoms with Crippen molar-refractivity contribution in [2.24, 2.45) is 0 Å². The second-order valence-corrected chi connectivity index (χ2v) is 10.9. The number of nitrogens with one attached hydrogen (secondary N) is 1. The van der Waals surface area contributed by atoms with Crippen LogP contribution in [0.5, 0.6) is 0 Å². The van der Waals surface area contributed by atoms with Crippen molar-refractivity contribution in [2.45, 2.75) is 30.3 Å². The largest absolute Gasteiger partial charge is 0.369 e. The van der Waals surface area contributed by atoms with E-state index in [1.807, 2.05) is 30.3 Å². The van der Waals surface area contributed by atoms with Crippen LogP contribution in [0.15, 0.2) is 53.7 Å². The number of fused-ring (bicyclic) bond motifs is 1. The molecule has 10 nitrogen and oxygen atoms in total. The van der Waals surface area contributed by atoms with Crippen LogP contribution in [0.1, 0.15) is 29.0 Å². The van der Waals surface area contributed by atoms with E-state index in [1.54, 1.807) is 4.90 Å². The van der Waals surface area contributed by atoms with Gasteiger partial charge in [-0.1, -0.05) is 30.3 Å². The molecule has 3 heterocycles. The molecule has 2 amide bonds. The minimum absolute atomic E-state index is 0.0533. The molecule has 188 valence electrons. The third-order valence-electron chi connectivity index (χ3n) is 6.42. The lowest BCUT2D eigenvalue weighted by atomic mass is 10.2. The van der Waals surface area contributed by atoms with Crippen molar-refractivity contribution < 1.29 is 22.4 Å². The summed E-state index contributed by atoms with van der Waals surface area (Å²) in [6, 6.07) is 10.4. The predicted octanol–water partition coefficient (Wildman–Crippen LogP) is 1.61. The Morgan fingerprint density at radius 3 is 2.58 bits per heavy atom. The highest BCUT2D eigenvalue weighted by Crippen LogP contribution is 2.36. The predicted molar refractivity (Wildman–Crippen MR) is 130 cm³/mol. The highest BCUT2D eigenvalue weighted by Gasteiger charge is 2.39. The number of carbonyl (C=O) groups excluding carboxylic acids is 2. The number of nitrogens with zero attached hydrogens (tertiary/aromatic N) is 5. The normalized spacial score (nSPS) is 19.2. The van der Waals surface area contributed by atoms with Crippen LogP contribution in [-0.2, 0) is 21.2 Å². The average molecular weight is 513 g/mol. The first-order valence-electron chi connectivity index (χ1n) is 11.6. The fourth-order valence-electron chi connectivity index (χ4n) is 4.55. The van der Waals surface area contributed by atoms with E-state index in [2.05, 4.69) is 15.4 Å². The smallest absolute Gasteiger partial charge is 0.291 e. The molecule has 2 aromatic carbocycles. The first-order chi connectivity index (χ1) is 17.2. The zero-order valence-corrected chi connectivity index (χ0v) is 20.4. The van der Waals surface area contributed by atoms with Gasteiger partial charge in [0.05, 0.1) is 28.6 Å². The SMILES string of the molecule is CN1C(=O)[C@@H](NC(=O)c2ncn(Cc3ccccc3)n2)CS(=O)(=O)c2cc(N3CCCC3)c(F)cc21. The molecule has 3 aromatic rings. The number of hydrogen-bond acceptors (Lipinski definition) is 7. The van der Waals surface area contributed by atoms with Crippen molar-refractivity contribution in [3.05, 3.63) is 66.0 Å². The Balaban J connectivity index is 1.38. The van der Waals surface area contributed by atoms with Gasteiger partial charge >= 0.3 is 0 Å². The van der Waals surface area contributed by atoms with E-state index in [4.69, 9.17) is 0 Å². The minimum Gasteiger partial charge on any atom is -0.369 e. The van der Waals surface area contributed by atoms with Gasteiger partial charge in [-0.2, -0.15) is 0 Å². The summed E-state index contributed by atoms with van der Waals surface area (Å²) in [6.45, 7) is 1.65. The number of carbonyl (C=O) groups is 2. The molecule has 1 N–H and O–H groups in total. The maximum Gasteiger partial charge on any atom is 0.291 e. The van der Waals surface area contributed by atoms with Crippen LogP contribution in [-0.4, -0.2) is 66.9 Å². The molecule has 1 atom stereocenters. The van der Waals surface area contributed by atoms with Gasteiger partial charge in [-0.25, -0.2) is 22.5 Å². The van der Waals surface area contributed by atoms with Gasteiger partial charge in [0.1, 0.15) is 18.2 Å². The van der Waals surface area contributed by atoms with Crippen LogP contribution in [0.3, 0.4) is 0 Å². The Bertz CT molecular complexity index is 1420. The number of hydrogen-bond donors (Lipinski definition) is 1. The molecule has 0 aliphatic carbocycles. The van der Waals surface area contributed by atoms with E-state index < -0.39 is 39.3 Å². The molecule has 0 bridgehead atoms. The molecular formula is C24H25FN6O4S. The molecular weight excluding hydrogens is 487 g/mol. The summed E-state index contributed by atoms with van der Waals surface area (Å²) in [5.74, 6) is -2.91. The van der Waals surface area contributed by atoms with Gasteiger partial charge in [-0.15, -0.1) is 5.10 Å². The fraction of sp³-hybridized carbons (Fsp3) is 0.333. The Morgan fingerprint density at radius 2 is 1.86 bits per heavy atom. The van der Waals surface area contributed by atoms with Gasteiger partial charge in [0.2, 0.25) is 11.7 Å². The summed E-state index contributed by atoms with van der Waals surface area (Å²) in [7, 11) is -2.68. The number of sulfone groups is 1. The summed E-state index contributed by atoms with van der Waals surface area (Å²) >= 11 is 0. The molecule has 0 unspecified atom stereocenters. The zero-order chi connectivity index (χ0) is 25.4. The molecule has 0 radical (unpaired) electrons. The number of aromatic nitrogens is 3. The highest BCUT2D eigenvalue weighted by molar-refractivity contribution is 7.91. The minimum atomic E-state index is -4.04. The van der Waals surface area contributed by atoms with Crippen LogP contribution >= 0.6 is 0 Å². The van der Waals surface area contributed by atoms with E-state index in [9.17, 15) is 22.4 Å². The van der Waals surface area contributed by atoms with Crippen LogP contribution in [0.25, 0.3) is 0 Å². The van der Waals surface area contributed by atoms with E-state index in [0.717, 1.165) is 29.4 Å². The van der Waals surface area contributed by atoms with Crippen LogP contribution in [0.2, 0.25) is 0 Å². The molecule has 1 aromatic heterocycles. The lowest BCUT2D eigenvalue weighted by Gasteiger charge is -2.23. The topological polar surface area (TPSA) is 117 Å². The third kappa shape index (κ3) is 4.55. The number of benzene rings is 2. The lowest BCUT2D eigenvalue weighted by molar-refractivity contribution is -0.119. The number of likely N-dealkylation sites (N-methyl/N-ethyl adjacent to an activating group) is 1. The molecule has 0 saturated carbocycles. The van der Waals surface area contributed by atoms with Gasteiger partial charge in [0, 0.05) is 26.2 Å². The first-order valence-corrected chi connectivity index (χ1v) is 13.2. The summed E-state index contributed by atoms with van der Waals surface area (Å²) in [4.78, 5) is 32.7. The van der Waals surface area contributed by atoms with Crippen molar-refractivity contribution in [3.63, 3.8) is 0 Å². The number of rotatable bonds is 5. The fourth-order valence-corrected chi connectivity index (χ4v) is 6.20. The molecule has 2 aliphatic heterocycles. The van der Waals surface area contributed by atoms with Gasteiger partial charge in [-0.3, -0.25) is 9.59 Å². The zero-order valence-electron chi connectivity index (χ0n) is 19.6. The summed E-state index contributed by atoms with van der Waals surface area (Å²) < 4.78 is 43.0. The van der Waals surface area contributed by atoms with Crippen molar-refractivity contribution in [1.29, 1.82) is 0 Å². The highest BCUT2D eigenvalue weighted by atomic mass is 32.2. The monoisotopic (exact) mass is 512 g/mol. The summed E-state index contributed by atoms with van der Waals surface area (Å²) in [5, 5.41) is 6.60. The van der Waals surface area contributed by atoms with Crippen LogP contribution < -0.4 is 15.1 Å². The molecule has 36 heavy (non-hydrogen) atoms. The van der Waals surface area contributed by atoms with Crippen molar-refractivity contribution >= 4 is 33.0 Å². The van der Waals surface area contributed by atoms with E-state index in [1.165, 1.54) is 24.1 Å². The summed E-state index contributed by atoms with van der Waals surface area (Å²) in [5.41, 5.74) is 1.10. The molecule has 5 rings (SSSR count). The Labute approximate surface area is 207 Å². The van der Waals surface area contributed by atoms with E-state index >= 15 is 0 Å². The quantitative estimate of drug-likeness (QED) is 0.516. The second kappa shape index (κ2) is 9.34. The third-order valence-corrected chi connectivity index (χ3v) is 8.19. The van der Waals surface area contributed by atoms with Gasteiger partial charge in [0.15, 0.2) is 9.84 Å². The first kappa shape index (κ1) is 23.9. The number of amides is 2. The van der Waals surface area contributed by atoms with Crippen molar-refractivity contribution in [3.8, 4) is 0 Å². The second-order valence-electron chi connectivity index (χ2n) is 8.92. The lowest BCUT2D eigenvalue weighted by Crippen LogP contribution is -2.49. The molecule has 0 spiro atoms. The summed E-state index contributed by atoms with van der Waals surface area (Å²) in [6.07, 6.45) is 3.17. The van der Waals surface area contributed by atoms with E-state index in [-0.39, 0.29) is 22.1 Å². The molecule has 12 heteroatoms. The van der Waals surface area contributed by atoms with Gasteiger partial charge < -0.3 is 15.1 Å². The van der Waals surface area contributed by atoms with Crippen molar-refractivity contribution in [2.75, 3.05) is 35.7 Å². The van der Waals surface area contributed by atoms with Crippen molar-refractivity contribution in [1.82, 2.24) is 20.1 Å². The van der Waals surface area contributed by atoms with Crippen LogP contribution in [0, 0.1) is 5.82 Å². The van der Waals surface area contributed by atoms with Gasteiger partial charge in [-0.05, 0) is 24.5 Å². The average Bonchev–Trinajstić information content (AvgIpc) is 3.54. The standard InChI is InChI=1S/C24H25FN6O4S/c1-29-20-11-17(25)19(30-9-5-6-10-30)12-21(20)36(34,35)14-18(24(29)33)27-23(32)22-26-15-31(28-22)13-16-7-3-2-4-8-16/h2-4,7-8,11-12,15,18H,5-6,9-10,13-14H2,1H3,(H,27,32)/t18-/m0/s1. The molecule has 1 fully saturated rings. The Kier molecular flexibility index (Phi) is 6.20. The Morgan fingerprint density at radius 1 is 1.14 bits per heavy atom.